The molecular weight excluding hydrogens is 408 g/mol. The zero-order chi connectivity index (χ0) is 23.2. The number of benzene rings is 2. The Kier molecular flexibility index (Phi) is 5.46. The molecule has 32 heavy (non-hydrogen) atoms. The van der Waals surface area contributed by atoms with Gasteiger partial charge in [-0.2, -0.15) is 0 Å². The standard InChI is InChI=1S/C26H26O6/c1-13(2)6-8-16-18(30-5)12-21-22(24(16)28)25(29)23-20(10-14(3)4)31-19-11-15(27)7-9-17(19)26(23)32-21/h6-7,9-12,20,27-28H,8H2,1-5H3. The molecule has 0 bridgehead atoms. The second kappa shape index (κ2) is 8.11. The number of phenols is 2. The summed E-state index contributed by atoms with van der Waals surface area (Å²) in [7, 11) is 1.51. The molecule has 3 aromatic rings. The fourth-order valence-electron chi connectivity index (χ4n) is 3.92. The maximum atomic E-state index is 13.7. The highest BCUT2D eigenvalue weighted by Crippen LogP contribution is 2.46. The average molecular weight is 434 g/mol. The molecule has 6 nitrogen and oxygen atoms in total. The molecule has 1 aliphatic heterocycles. The molecular formula is C26H26O6. The molecule has 0 amide bonds. The molecule has 0 spiro atoms. The lowest BCUT2D eigenvalue weighted by atomic mass is 9.94. The van der Waals surface area contributed by atoms with Gasteiger partial charge in [-0.1, -0.05) is 17.2 Å². The first kappa shape index (κ1) is 21.6. The maximum Gasteiger partial charge on any atom is 0.204 e. The van der Waals surface area contributed by atoms with Crippen molar-refractivity contribution >= 4 is 11.0 Å². The number of hydrogen-bond acceptors (Lipinski definition) is 6. The smallest absolute Gasteiger partial charge is 0.204 e. The van der Waals surface area contributed by atoms with Gasteiger partial charge in [-0.3, -0.25) is 4.79 Å². The van der Waals surface area contributed by atoms with Gasteiger partial charge in [0.2, 0.25) is 5.43 Å². The Bertz CT molecular complexity index is 1330. The Labute approximate surface area is 186 Å². The van der Waals surface area contributed by atoms with Gasteiger partial charge in [0, 0.05) is 17.7 Å². The summed E-state index contributed by atoms with van der Waals surface area (Å²) in [5.41, 5.74) is 3.29. The van der Waals surface area contributed by atoms with Gasteiger partial charge < -0.3 is 24.1 Å². The van der Waals surface area contributed by atoms with Crippen molar-refractivity contribution in [1.29, 1.82) is 0 Å². The molecule has 0 fully saturated rings. The Morgan fingerprint density at radius 2 is 1.88 bits per heavy atom. The zero-order valence-electron chi connectivity index (χ0n) is 18.8. The minimum absolute atomic E-state index is 0.0505. The van der Waals surface area contributed by atoms with E-state index in [9.17, 15) is 15.0 Å². The molecule has 1 atom stereocenters. The van der Waals surface area contributed by atoms with E-state index >= 15 is 0 Å². The molecule has 4 rings (SSSR count). The van der Waals surface area contributed by atoms with Gasteiger partial charge in [0.15, 0.2) is 0 Å². The number of ether oxygens (including phenoxy) is 2. The number of rotatable bonds is 4. The molecule has 0 radical (unpaired) electrons. The summed E-state index contributed by atoms with van der Waals surface area (Å²) < 4.78 is 17.8. The molecule has 1 unspecified atom stereocenters. The molecule has 2 aromatic carbocycles. The number of allylic oxidation sites excluding steroid dienone is 3. The van der Waals surface area contributed by atoms with E-state index in [1.54, 1.807) is 12.1 Å². The largest absolute Gasteiger partial charge is 0.508 e. The second-order valence-electron chi connectivity index (χ2n) is 8.40. The molecule has 0 saturated heterocycles. The Morgan fingerprint density at radius 1 is 1.12 bits per heavy atom. The van der Waals surface area contributed by atoms with Crippen LogP contribution in [-0.4, -0.2) is 17.3 Å². The van der Waals surface area contributed by atoms with Crippen LogP contribution >= 0.6 is 0 Å². The Balaban J connectivity index is 2.08. The lowest BCUT2D eigenvalue weighted by Gasteiger charge is -2.26. The number of hydrogen-bond donors (Lipinski definition) is 2. The third-order valence-electron chi connectivity index (χ3n) is 5.42. The van der Waals surface area contributed by atoms with Crippen molar-refractivity contribution in [3.05, 3.63) is 68.9 Å². The first-order chi connectivity index (χ1) is 15.2. The highest BCUT2D eigenvalue weighted by molar-refractivity contribution is 5.90. The lowest BCUT2D eigenvalue weighted by molar-refractivity contribution is 0.243. The topological polar surface area (TPSA) is 89.1 Å². The number of fused-ring (bicyclic) bond motifs is 4. The molecule has 2 heterocycles. The summed E-state index contributed by atoms with van der Waals surface area (Å²) in [5.74, 6) is 1.11. The SMILES string of the molecule is COc1cc2oc3c(c(=O)c2c(O)c1CC=C(C)C)C(C=C(C)C)Oc1cc(O)ccc1-3. The van der Waals surface area contributed by atoms with E-state index in [4.69, 9.17) is 13.9 Å². The van der Waals surface area contributed by atoms with Crippen LogP contribution in [0.25, 0.3) is 22.3 Å². The summed E-state index contributed by atoms with van der Waals surface area (Å²) in [6, 6.07) is 6.29. The van der Waals surface area contributed by atoms with E-state index in [1.807, 2.05) is 39.8 Å². The molecule has 2 N–H and O–H groups in total. The summed E-state index contributed by atoms with van der Waals surface area (Å²) in [6.45, 7) is 7.74. The predicted octanol–water partition coefficient (Wildman–Crippen LogP) is 5.79. The lowest BCUT2D eigenvalue weighted by Crippen LogP contribution is -2.22. The van der Waals surface area contributed by atoms with E-state index in [0.29, 0.717) is 40.4 Å². The van der Waals surface area contributed by atoms with Crippen molar-refractivity contribution in [2.45, 2.75) is 40.2 Å². The van der Waals surface area contributed by atoms with Crippen LogP contribution < -0.4 is 14.9 Å². The van der Waals surface area contributed by atoms with E-state index < -0.39 is 6.10 Å². The second-order valence-corrected chi connectivity index (χ2v) is 8.40. The first-order valence-electron chi connectivity index (χ1n) is 10.4. The van der Waals surface area contributed by atoms with Gasteiger partial charge in [0.1, 0.15) is 45.8 Å². The van der Waals surface area contributed by atoms with Gasteiger partial charge in [-0.05, 0) is 52.3 Å². The summed E-state index contributed by atoms with van der Waals surface area (Å²) in [6.07, 6.45) is 3.48. The third-order valence-corrected chi connectivity index (χ3v) is 5.42. The number of aromatic hydroxyl groups is 2. The van der Waals surface area contributed by atoms with Crippen LogP contribution in [0.3, 0.4) is 0 Å². The van der Waals surface area contributed by atoms with Crippen LogP contribution in [0, 0.1) is 0 Å². The van der Waals surface area contributed by atoms with Crippen molar-refractivity contribution in [3.8, 4) is 34.3 Å². The van der Waals surface area contributed by atoms with Crippen molar-refractivity contribution in [2.24, 2.45) is 0 Å². The van der Waals surface area contributed by atoms with E-state index in [1.165, 1.54) is 19.2 Å². The monoisotopic (exact) mass is 434 g/mol. The Hall–Kier alpha value is -3.67. The Morgan fingerprint density at radius 3 is 2.53 bits per heavy atom. The van der Waals surface area contributed by atoms with Gasteiger partial charge in [-0.15, -0.1) is 0 Å². The van der Waals surface area contributed by atoms with Crippen molar-refractivity contribution < 1.29 is 24.1 Å². The molecule has 6 heteroatoms. The predicted molar refractivity (Wildman–Crippen MR) is 124 cm³/mol. The molecule has 1 aromatic heterocycles. The third kappa shape index (κ3) is 3.62. The van der Waals surface area contributed by atoms with Gasteiger partial charge in [0.25, 0.3) is 0 Å². The highest BCUT2D eigenvalue weighted by Gasteiger charge is 2.32. The van der Waals surface area contributed by atoms with Crippen LogP contribution in [0.1, 0.15) is 44.9 Å². The quantitative estimate of drug-likeness (QED) is 0.506. The van der Waals surface area contributed by atoms with Crippen LogP contribution in [0.4, 0.5) is 0 Å². The van der Waals surface area contributed by atoms with Crippen molar-refractivity contribution in [2.75, 3.05) is 7.11 Å². The summed E-state index contributed by atoms with van der Waals surface area (Å²) in [5, 5.41) is 21.1. The van der Waals surface area contributed by atoms with Gasteiger partial charge >= 0.3 is 0 Å². The van der Waals surface area contributed by atoms with Crippen LogP contribution in [0.15, 0.2) is 56.8 Å². The van der Waals surface area contributed by atoms with Gasteiger partial charge in [-0.25, -0.2) is 0 Å². The van der Waals surface area contributed by atoms with Crippen LogP contribution in [0.5, 0.6) is 23.0 Å². The molecule has 166 valence electrons. The van der Waals surface area contributed by atoms with E-state index in [-0.39, 0.29) is 27.9 Å². The molecule has 1 aliphatic rings. The molecule has 0 aliphatic carbocycles. The normalized spacial score (nSPS) is 14.2. The van der Waals surface area contributed by atoms with Crippen molar-refractivity contribution in [1.82, 2.24) is 0 Å². The van der Waals surface area contributed by atoms with Crippen molar-refractivity contribution in [3.63, 3.8) is 0 Å². The number of methoxy groups -OCH3 is 1. The van der Waals surface area contributed by atoms with E-state index in [2.05, 4.69) is 0 Å². The maximum absolute atomic E-state index is 13.7. The fourth-order valence-corrected chi connectivity index (χ4v) is 3.92. The summed E-state index contributed by atoms with van der Waals surface area (Å²) >= 11 is 0. The zero-order valence-corrected chi connectivity index (χ0v) is 18.8. The van der Waals surface area contributed by atoms with Crippen LogP contribution in [-0.2, 0) is 6.42 Å². The van der Waals surface area contributed by atoms with Crippen LogP contribution in [0.2, 0.25) is 0 Å². The summed E-state index contributed by atoms with van der Waals surface area (Å²) in [4.78, 5) is 13.7. The minimum Gasteiger partial charge on any atom is -0.508 e. The molecule has 0 saturated carbocycles. The first-order valence-corrected chi connectivity index (χ1v) is 10.4. The number of phenolic OH excluding ortho intramolecular Hbond substituents is 2. The van der Waals surface area contributed by atoms with Gasteiger partial charge in [0.05, 0.1) is 18.2 Å². The highest BCUT2D eigenvalue weighted by atomic mass is 16.5. The minimum atomic E-state index is -0.715. The fraction of sp³-hybridized carbons (Fsp3) is 0.269. The average Bonchev–Trinajstić information content (AvgIpc) is 2.71. The van der Waals surface area contributed by atoms with E-state index in [0.717, 1.165) is 11.1 Å².